The zero-order valence-corrected chi connectivity index (χ0v) is 25.3. The second kappa shape index (κ2) is 12.0. The number of anilines is 5. The lowest BCUT2D eigenvalue weighted by atomic mass is 10.1. The van der Waals surface area contributed by atoms with Gasteiger partial charge in [0.05, 0.1) is 33.4 Å². The van der Waals surface area contributed by atoms with Gasteiger partial charge in [0.15, 0.2) is 9.84 Å². The van der Waals surface area contributed by atoms with E-state index in [4.69, 9.17) is 28.2 Å². The van der Waals surface area contributed by atoms with Crippen molar-refractivity contribution in [3.05, 3.63) is 94.1 Å². The van der Waals surface area contributed by atoms with Crippen LogP contribution in [0.3, 0.4) is 0 Å². The first kappa shape index (κ1) is 29.3. The van der Waals surface area contributed by atoms with Gasteiger partial charge in [0, 0.05) is 32.2 Å². The summed E-state index contributed by atoms with van der Waals surface area (Å²) in [5.74, 6) is 1.05. The Morgan fingerprint density at radius 3 is 2.52 bits per heavy atom. The molecule has 0 fully saturated rings. The van der Waals surface area contributed by atoms with Crippen LogP contribution in [0, 0.1) is 0 Å². The summed E-state index contributed by atoms with van der Waals surface area (Å²) < 4.78 is 25.2. The number of carbonyl (C=O) groups excluding carboxylic acids is 1. The summed E-state index contributed by atoms with van der Waals surface area (Å²) in [6, 6.07) is 19.7. The van der Waals surface area contributed by atoms with Crippen LogP contribution in [-0.2, 0) is 33.9 Å². The van der Waals surface area contributed by atoms with E-state index in [0.717, 1.165) is 16.8 Å². The van der Waals surface area contributed by atoms with Crippen LogP contribution in [0.1, 0.15) is 11.1 Å². The molecule has 5 rings (SSSR count). The number of fused-ring (bicyclic) bond motifs is 1. The summed E-state index contributed by atoms with van der Waals surface area (Å²) in [7, 11) is 0.533. The van der Waals surface area contributed by atoms with Crippen LogP contribution in [-0.4, -0.2) is 47.1 Å². The van der Waals surface area contributed by atoms with Gasteiger partial charge in [-0.25, -0.2) is 18.4 Å². The highest BCUT2D eigenvalue weighted by Crippen LogP contribution is 2.32. The summed E-state index contributed by atoms with van der Waals surface area (Å²) >= 11 is 12.1. The quantitative estimate of drug-likeness (QED) is 0.208. The zero-order valence-electron chi connectivity index (χ0n) is 23.0. The normalized spacial score (nSPS) is 11.5. The van der Waals surface area contributed by atoms with Gasteiger partial charge < -0.3 is 14.8 Å². The fourth-order valence-corrected chi connectivity index (χ4v) is 5.58. The Hall–Kier alpha value is -4.19. The Bertz CT molecular complexity index is 1910. The number of hydrogen-bond acceptors (Lipinski definition) is 8. The molecule has 2 N–H and O–H groups in total. The van der Waals surface area contributed by atoms with Crippen LogP contribution in [0.25, 0.3) is 11.0 Å². The third-order valence-electron chi connectivity index (χ3n) is 6.45. The van der Waals surface area contributed by atoms with Gasteiger partial charge >= 0.3 is 0 Å². The van der Waals surface area contributed by atoms with Gasteiger partial charge in [0.25, 0.3) is 0 Å². The lowest BCUT2D eigenvalue weighted by Gasteiger charge is -2.19. The molecule has 0 radical (unpaired) electrons. The SMILES string of the molecule is CN(c1ccnc(Nc2cccc(CS(C)(=O)=O)c2)n1)c1cccc2c1nc(NC(=O)Cc1ccc(Cl)c(Cl)c1)n2C. The van der Waals surface area contributed by atoms with Crippen molar-refractivity contribution in [1.82, 2.24) is 19.5 Å². The lowest BCUT2D eigenvalue weighted by Crippen LogP contribution is -2.17. The summed E-state index contributed by atoms with van der Waals surface area (Å²) in [6.45, 7) is 0. The van der Waals surface area contributed by atoms with E-state index >= 15 is 0 Å². The molecule has 0 bridgehead atoms. The number of sulfone groups is 1. The minimum atomic E-state index is -3.16. The van der Waals surface area contributed by atoms with Gasteiger partial charge in [-0.05, 0) is 53.6 Å². The number of hydrogen-bond donors (Lipinski definition) is 2. The Kier molecular flexibility index (Phi) is 8.35. The molecular formula is C29H27Cl2N7O3S. The van der Waals surface area contributed by atoms with E-state index in [2.05, 4.69) is 20.6 Å². The zero-order chi connectivity index (χ0) is 30.0. The van der Waals surface area contributed by atoms with Crippen molar-refractivity contribution in [1.29, 1.82) is 0 Å². The van der Waals surface area contributed by atoms with Crippen LogP contribution >= 0.6 is 23.2 Å². The van der Waals surface area contributed by atoms with Crippen LogP contribution < -0.4 is 15.5 Å². The highest BCUT2D eigenvalue weighted by molar-refractivity contribution is 7.89. The standard InChI is InChI=1S/C29H27Cl2N7O3S/c1-37(25-12-13-32-28(34-25)33-20-7-4-6-19(14-20)17-42(3,40)41)23-8-5-9-24-27(23)36-29(38(24)2)35-26(39)16-18-10-11-21(30)22(31)15-18/h4-15H,16-17H2,1-3H3,(H,32,33,34)(H,35,36,39). The molecule has 0 unspecified atom stereocenters. The number of carbonyl (C=O) groups is 1. The van der Waals surface area contributed by atoms with Crippen molar-refractivity contribution in [3.8, 4) is 0 Å². The molecule has 0 spiro atoms. The maximum Gasteiger partial charge on any atom is 0.231 e. The number of imidazole rings is 1. The predicted molar refractivity (Wildman–Crippen MR) is 168 cm³/mol. The van der Waals surface area contributed by atoms with E-state index in [1.54, 1.807) is 48.7 Å². The van der Waals surface area contributed by atoms with Crippen molar-refractivity contribution in [2.45, 2.75) is 12.2 Å². The van der Waals surface area contributed by atoms with Crippen LogP contribution in [0.4, 0.5) is 29.1 Å². The van der Waals surface area contributed by atoms with Gasteiger partial charge in [-0.15, -0.1) is 0 Å². The third kappa shape index (κ3) is 6.81. The number of nitrogens with zero attached hydrogens (tertiary/aromatic N) is 5. The molecule has 0 aliphatic rings. The summed E-state index contributed by atoms with van der Waals surface area (Å²) in [6.07, 6.45) is 2.95. The fourth-order valence-electron chi connectivity index (χ4n) is 4.48. The van der Waals surface area contributed by atoms with Crippen LogP contribution in [0.2, 0.25) is 10.0 Å². The molecular weight excluding hydrogens is 597 g/mol. The molecule has 3 aromatic carbocycles. The Morgan fingerprint density at radius 1 is 0.976 bits per heavy atom. The van der Waals surface area contributed by atoms with Gasteiger partial charge in [0.2, 0.25) is 17.8 Å². The molecule has 1 amide bonds. The predicted octanol–water partition coefficient (Wildman–Crippen LogP) is 5.91. The van der Waals surface area contributed by atoms with E-state index in [0.29, 0.717) is 44.5 Å². The summed E-state index contributed by atoms with van der Waals surface area (Å²) in [5.41, 5.74) is 4.33. The number of para-hydroxylation sites is 1. The van der Waals surface area contributed by atoms with Crippen molar-refractivity contribution in [3.63, 3.8) is 0 Å². The second-order valence-corrected chi connectivity index (χ2v) is 12.8. The lowest BCUT2D eigenvalue weighted by molar-refractivity contribution is -0.115. The maximum atomic E-state index is 12.8. The van der Waals surface area contributed by atoms with Crippen LogP contribution in [0.15, 0.2) is 72.9 Å². The monoisotopic (exact) mass is 623 g/mol. The molecule has 5 aromatic rings. The molecule has 10 nitrogen and oxygen atoms in total. The minimum absolute atomic E-state index is 0.0574. The molecule has 13 heteroatoms. The third-order valence-corrected chi connectivity index (χ3v) is 8.04. The van der Waals surface area contributed by atoms with Crippen LogP contribution in [0.5, 0.6) is 0 Å². The minimum Gasteiger partial charge on any atom is -0.327 e. The summed E-state index contributed by atoms with van der Waals surface area (Å²) in [5, 5.41) is 6.86. The first-order chi connectivity index (χ1) is 20.0. The van der Waals surface area contributed by atoms with Crippen molar-refractivity contribution in [2.75, 3.05) is 28.8 Å². The second-order valence-electron chi connectivity index (χ2n) is 9.81. The Balaban J connectivity index is 1.37. The highest BCUT2D eigenvalue weighted by Gasteiger charge is 2.18. The van der Waals surface area contributed by atoms with Gasteiger partial charge in [-0.1, -0.05) is 47.5 Å². The molecule has 2 heterocycles. The average molecular weight is 625 g/mol. The molecule has 216 valence electrons. The molecule has 0 saturated carbocycles. The van der Waals surface area contributed by atoms with E-state index in [9.17, 15) is 13.2 Å². The first-order valence-corrected chi connectivity index (χ1v) is 15.6. The average Bonchev–Trinajstić information content (AvgIpc) is 3.24. The number of rotatable bonds is 9. The Labute approximate surface area is 253 Å². The van der Waals surface area contributed by atoms with Gasteiger partial charge in [-0.3, -0.25) is 10.1 Å². The van der Waals surface area contributed by atoms with E-state index in [1.165, 1.54) is 6.26 Å². The number of amides is 1. The molecule has 2 aromatic heterocycles. The molecule has 0 aliphatic heterocycles. The van der Waals surface area contributed by atoms with E-state index in [1.807, 2.05) is 47.8 Å². The van der Waals surface area contributed by atoms with Crippen molar-refractivity contribution < 1.29 is 13.2 Å². The first-order valence-electron chi connectivity index (χ1n) is 12.8. The van der Waals surface area contributed by atoms with Crippen molar-refractivity contribution in [2.24, 2.45) is 7.05 Å². The number of halogens is 2. The Morgan fingerprint density at radius 2 is 1.76 bits per heavy atom. The fraction of sp³-hybridized carbons (Fsp3) is 0.172. The molecule has 0 atom stereocenters. The molecule has 42 heavy (non-hydrogen) atoms. The van der Waals surface area contributed by atoms with Crippen molar-refractivity contribution >= 4 is 79.1 Å². The van der Waals surface area contributed by atoms with Gasteiger partial charge in [-0.2, -0.15) is 4.98 Å². The maximum absolute atomic E-state index is 12.8. The van der Waals surface area contributed by atoms with E-state index < -0.39 is 9.84 Å². The smallest absolute Gasteiger partial charge is 0.231 e. The largest absolute Gasteiger partial charge is 0.327 e. The number of aryl methyl sites for hydroxylation is 1. The van der Waals surface area contributed by atoms with E-state index in [-0.39, 0.29) is 18.1 Å². The summed E-state index contributed by atoms with van der Waals surface area (Å²) in [4.78, 5) is 28.4. The van der Waals surface area contributed by atoms with Gasteiger partial charge in [0.1, 0.15) is 11.3 Å². The highest BCUT2D eigenvalue weighted by atomic mass is 35.5. The number of benzene rings is 3. The molecule has 0 aliphatic carbocycles. The topological polar surface area (TPSA) is 122 Å². The molecule has 0 saturated heterocycles. The number of aromatic nitrogens is 4. The number of nitrogens with one attached hydrogen (secondary N) is 2.